The summed E-state index contributed by atoms with van der Waals surface area (Å²) in [5.41, 5.74) is 3.14. The summed E-state index contributed by atoms with van der Waals surface area (Å²) in [7, 11) is 4.02. The topological polar surface area (TPSA) is 77.4 Å². The Bertz CT molecular complexity index is 1230. The highest BCUT2D eigenvalue weighted by molar-refractivity contribution is 6.27. The van der Waals surface area contributed by atoms with Crippen molar-refractivity contribution in [3.8, 4) is 5.75 Å². The van der Waals surface area contributed by atoms with E-state index >= 15 is 0 Å². The lowest BCUT2D eigenvalue weighted by Crippen LogP contribution is -2.25. The van der Waals surface area contributed by atoms with E-state index in [2.05, 4.69) is 10.1 Å². The number of ketones is 2. The number of ether oxygens (including phenoxy) is 2. The zero-order valence-corrected chi connectivity index (χ0v) is 23.1. The Labute approximate surface area is 225 Å². The number of unbranched alkanes of at least 4 members (excludes halogenated alkanes) is 2. The highest BCUT2D eigenvalue weighted by atomic mass is 16.8. The zero-order chi connectivity index (χ0) is 27.3. The first-order valence-corrected chi connectivity index (χ1v) is 13.4. The molecule has 0 spiro atoms. The van der Waals surface area contributed by atoms with Crippen LogP contribution in [0.2, 0.25) is 0 Å². The highest BCUT2D eigenvalue weighted by Crippen LogP contribution is 2.39. The molecule has 0 radical (unpaired) electrons. The van der Waals surface area contributed by atoms with Crippen LogP contribution in [-0.2, 0) is 9.57 Å². The van der Waals surface area contributed by atoms with E-state index in [-0.39, 0.29) is 17.5 Å². The predicted molar refractivity (Wildman–Crippen MR) is 148 cm³/mol. The molecule has 0 saturated carbocycles. The number of carbonyl (C=O) groups is 2. The average molecular weight is 519 g/mol. The molecule has 7 heteroatoms. The molecule has 1 unspecified atom stereocenters. The van der Waals surface area contributed by atoms with Gasteiger partial charge in [-0.2, -0.15) is 0 Å². The molecular weight excluding hydrogens is 480 g/mol. The molecule has 7 nitrogen and oxygen atoms in total. The first-order valence-electron chi connectivity index (χ1n) is 13.4. The van der Waals surface area contributed by atoms with Gasteiger partial charge in [0, 0.05) is 55.0 Å². The van der Waals surface area contributed by atoms with Crippen molar-refractivity contribution in [1.82, 2.24) is 4.90 Å². The summed E-state index contributed by atoms with van der Waals surface area (Å²) in [5, 5.41) is 4.02. The van der Waals surface area contributed by atoms with Crippen LogP contribution in [0, 0.1) is 0 Å². The Morgan fingerprint density at radius 3 is 2.26 bits per heavy atom. The Morgan fingerprint density at radius 1 is 0.947 bits per heavy atom. The third-order valence-electron chi connectivity index (χ3n) is 6.96. The molecule has 4 rings (SSSR count). The normalized spacial score (nSPS) is 17.2. The predicted octanol–water partition coefficient (Wildman–Crippen LogP) is 6.15. The van der Waals surface area contributed by atoms with Gasteiger partial charge in [-0.15, -0.1) is 0 Å². The lowest BCUT2D eigenvalue weighted by atomic mass is 9.75. The van der Waals surface area contributed by atoms with Crippen molar-refractivity contribution in [3.63, 3.8) is 0 Å². The molecule has 202 valence electrons. The van der Waals surface area contributed by atoms with Crippen LogP contribution in [0.1, 0.15) is 85.1 Å². The first-order chi connectivity index (χ1) is 18.2. The summed E-state index contributed by atoms with van der Waals surface area (Å²) in [6, 6.07) is 15.1. The Balaban J connectivity index is 1.50. The van der Waals surface area contributed by atoms with Gasteiger partial charge < -0.3 is 19.2 Å². The number of rotatable bonds is 12. The van der Waals surface area contributed by atoms with Crippen molar-refractivity contribution >= 4 is 17.5 Å². The molecule has 1 atom stereocenters. The van der Waals surface area contributed by atoms with Crippen molar-refractivity contribution in [2.45, 2.75) is 64.6 Å². The second-order valence-electron chi connectivity index (χ2n) is 10.7. The summed E-state index contributed by atoms with van der Waals surface area (Å²) in [6.07, 6.45) is 4.19. The number of allylic oxidation sites excluding steroid dienone is 2. The minimum absolute atomic E-state index is 0.0536. The lowest BCUT2D eigenvalue weighted by molar-refractivity contribution is -0.129. The maximum absolute atomic E-state index is 13.7. The zero-order valence-electron chi connectivity index (χ0n) is 23.1. The number of carbonyl (C=O) groups excluding carboxylic acids is 2. The van der Waals surface area contributed by atoms with Crippen molar-refractivity contribution in [2.75, 3.05) is 27.2 Å². The van der Waals surface area contributed by atoms with Crippen molar-refractivity contribution < 1.29 is 23.9 Å². The van der Waals surface area contributed by atoms with E-state index in [4.69, 9.17) is 14.3 Å². The Kier molecular flexibility index (Phi) is 8.67. The van der Waals surface area contributed by atoms with Crippen molar-refractivity contribution in [2.24, 2.45) is 5.16 Å². The number of Topliss-reactive ketones (excluding diaryl/α,β-unsaturated/α-hetero) is 2. The summed E-state index contributed by atoms with van der Waals surface area (Å²) in [5.74, 6) is 0.415. The van der Waals surface area contributed by atoms with E-state index in [1.54, 1.807) is 25.1 Å². The number of benzene rings is 2. The van der Waals surface area contributed by atoms with Gasteiger partial charge in [0.25, 0.3) is 5.79 Å². The van der Waals surface area contributed by atoms with Crippen LogP contribution >= 0.6 is 0 Å². The maximum atomic E-state index is 13.7. The summed E-state index contributed by atoms with van der Waals surface area (Å²) >= 11 is 0. The van der Waals surface area contributed by atoms with E-state index in [1.165, 1.54) is 0 Å². The average Bonchev–Trinajstić information content (AvgIpc) is 3.24. The summed E-state index contributed by atoms with van der Waals surface area (Å²) in [6.45, 7) is 6.88. The van der Waals surface area contributed by atoms with E-state index in [9.17, 15) is 9.59 Å². The first kappa shape index (κ1) is 27.6. The van der Waals surface area contributed by atoms with Crippen LogP contribution < -0.4 is 4.74 Å². The lowest BCUT2D eigenvalue weighted by Gasteiger charge is -2.26. The SMILES string of the molecule is CC1=C(C(CCCCCC2=NOC(C)(C)O2)c2ccc(OCCN(C)C)cc2)C(=O)c2ccccc2C1=O. The maximum Gasteiger partial charge on any atom is 0.271 e. The second kappa shape index (κ2) is 11.9. The number of hydrogen-bond acceptors (Lipinski definition) is 7. The number of nitrogens with zero attached hydrogens (tertiary/aromatic N) is 2. The van der Waals surface area contributed by atoms with Gasteiger partial charge in [-0.05, 0) is 56.7 Å². The molecule has 0 saturated heterocycles. The Hall–Kier alpha value is -3.45. The summed E-state index contributed by atoms with van der Waals surface area (Å²) in [4.78, 5) is 34.3. The fourth-order valence-electron chi connectivity index (χ4n) is 4.94. The largest absolute Gasteiger partial charge is 0.492 e. The Morgan fingerprint density at radius 2 is 1.63 bits per heavy atom. The minimum atomic E-state index is -0.697. The quantitative estimate of drug-likeness (QED) is 0.314. The molecular formula is C31H38N2O5. The molecule has 0 aromatic heterocycles. The van der Waals surface area contributed by atoms with Crippen molar-refractivity contribution in [1.29, 1.82) is 0 Å². The molecule has 1 aliphatic heterocycles. The molecule has 0 fully saturated rings. The van der Waals surface area contributed by atoms with E-state index in [0.717, 1.165) is 43.5 Å². The third kappa shape index (κ3) is 6.51. The molecule has 0 amide bonds. The fraction of sp³-hybridized carbons (Fsp3) is 0.452. The molecule has 0 bridgehead atoms. The van der Waals surface area contributed by atoms with Gasteiger partial charge in [-0.3, -0.25) is 9.59 Å². The third-order valence-corrected chi connectivity index (χ3v) is 6.96. The number of fused-ring (bicyclic) bond motifs is 1. The fourth-order valence-corrected chi connectivity index (χ4v) is 4.94. The van der Waals surface area contributed by atoms with Crippen LogP contribution in [0.3, 0.4) is 0 Å². The van der Waals surface area contributed by atoms with Crippen LogP contribution in [-0.4, -0.2) is 55.4 Å². The minimum Gasteiger partial charge on any atom is -0.492 e. The second-order valence-corrected chi connectivity index (χ2v) is 10.7. The molecule has 1 heterocycles. The van der Waals surface area contributed by atoms with Gasteiger partial charge in [-0.1, -0.05) is 49.2 Å². The van der Waals surface area contributed by atoms with Gasteiger partial charge in [0.05, 0.1) is 0 Å². The monoisotopic (exact) mass is 518 g/mol. The molecule has 2 aromatic carbocycles. The van der Waals surface area contributed by atoms with Crippen LogP contribution in [0.5, 0.6) is 5.75 Å². The molecule has 1 aliphatic carbocycles. The van der Waals surface area contributed by atoms with E-state index < -0.39 is 5.79 Å². The smallest absolute Gasteiger partial charge is 0.271 e. The van der Waals surface area contributed by atoms with Gasteiger partial charge in [0.2, 0.25) is 5.90 Å². The highest BCUT2D eigenvalue weighted by Gasteiger charge is 2.34. The van der Waals surface area contributed by atoms with Gasteiger partial charge in [-0.25, -0.2) is 0 Å². The van der Waals surface area contributed by atoms with Gasteiger partial charge in [0.1, 0.15) is 12.4 Å². The standard InChI is InChI=1S/C31H38N2O5/c1-21-28(30(35)26-13-10-9-12-25(26)29(21)34)24(11-7-6-8-14-27-32-38-31(2,3)37-27)22-15-17-23(18-16-22)36-20-19-33(4)5/h9-10,12-13,15-18,24H,6-8,11,14,19-20H2,1-5H3. The van der Waals surface area contributed by atoms with E-state index in [0.29, 0.717) is 41.2 Å². The molecule has 2 aromatic rings. The van der Waals surface area contributed by atoms with Gasteiger partial charge in [0.15, 0.2) is 11.6 Å². The molecule has 38 heavy (non-hydrogen) atoms. The van der Waals surface area contributed by atoms with Crippen molar-refractivity contribution in [3.05, 3.63) is 76.4 Å². The van der Waals surface area contributed by atoms with Gasteiger partial charge >= 0.3 is 0 Å². The number of likely N-dealkylation sites (N-methyl/N-ethyl adjacent to an activating group) is 1. The molecule has 0 N–H and O–H groups in total. The summed E-state index contributed by atoms with van der Waals surface area (Å²) < 4.78 is 11.6. The van der Waals surface area contributed by atoms with Crippen LogP contribution in [0.4, 0.5) is 0 Å². The van der Waals surface area contributed by atoms with E-state index in [1.807, 2.05) is 58.3 Å². The van der Waals surface area contributed by atoms with Crippen LogP contribution in [0.15, 0.2) is 64.8 Å². The van der Waals surface area contributed by atoms with Crippen LogP contribution in [0.25, 0.3) is 0 Å². The number of hydrogen-bond donors (Lipinski definition) is 0. The molecule has 2 aliphatic rings. The number of oxime groups is 1.